The molecule has 6 heteroatoms. The topological polar surface area (TPSA) is 51.2 Å². The van der Waals surface area contributed by atoms with Crippen LogP contribution in [0.1, 0.15) is 46.0 Å². The van der Waals surface area contributed by atoms with Gasteiger partial charge in [-0.15, -0.1) is 0 Å². The summed E-state index contributed by atoms with van der Waals surface area (Å²) < 4.78 is 47.9. The van der Waals surface area contributed by atoms with Crippen molar-refractivity contribution in [2.24, 2.45) is 5.92 Å². The molecule has 1 fully saturated rings. The highest BCUT2D eigenvalue weighted by Gasteiger charge is 2.42. The van der Waals surface area contributed by atoms with Crippen molar-refractivity contribution in [3.05, 3.63) is 0 Å². The minimum atomic E-state index is -3.52. The van der Waals surface area contributed by atoms with Gasteiger partial charge in [-0.1, -0.05) is 0 Å². The zero-order valence-corrected chi connectivity index (χ0v) is 11.8. The van der Waals surface area contributed by atoms with Crippen LogP contribution in [0.25, 0.3) is 0 Å². The molecule has 1 atom stereocenters. The molecule has 0 radical (unpaired) electrons. The quantitative estimate of drug-likeness (QED) is 0.796. The van der Waals surface area contributed by atoms with Crippen LogP contribution in [-0.2, 0) is 14.6 Å². The van der Waals surface area contributed by atoms with Crippen LogP contribution in [0.4, 0.5) is 8.78 Å². The predicted octanol–water partition coefficient (Wildman–Crippen LogP) is 2.59. The lowest BCUT2D eigenvalue weighted by Gasteiger charge is -2.30. The third-order valence-corrected chi connectivity index (χ3v) is 5.90. The maximum absolute atomic E-state index is 13.2. The first-order chi connectivity index (χ1) is 7.96. The molecule has 1 saturated carbocycles. The van der Waals surface area contributed by atoms with Gasteiger partial charge in [0, 0.05) is 25.5 Å². The smallest absolute Gasteiger partial charge is 0.248 e. The minimum Gasteiger partial charge on any atom is -0.298 e. The number of rotatable bonds is 4. The van der Waals surface area contributed by atoms with Crippen molar-refractivity contribution in [2.75, 3.05) is 6.26 Å². The van der Waals surface area contributed by atoms with Crippen LogP contribution in [0.3, 0.4) is 0 Å². The lowest BCUT2D eigenvalue weighted by molar-refractivity contribution is -0.123. The van der Waals surface area contributed by atoms with Crippen molar-refractivity contribution in [3.63, 3.8) is 0 Å². The Morgan fingerprint density at radius 2 is 1.94 bits per heavy atom. The normalized spacial score (nSPS) is 24.8. The molecule has 0 heterocycles. The number of hydrogen-bond acceptors (Lipinski definition) is 3. The molecule has 1 rings (SSSR count). The first-order valence-corrected chi connectivity index (χ1v) is 7.95. The van der Waals surface area contributed by atoms with Gasteiger partial charge in [-0.3, -0.25) is 4.79 Å². The average Bonchev–Trinajstić information content (AvgIpc) is 2.13. The summed E-state index contributed by atoms with van der Waals surface area (Å²) in [4.78, 5) is 12.0. The Morgan fingerprint density at radius 3 is 2.39 bits per heavy atom. The maximum Gasteiger partial charge on any atom is 0.248 e. The molecule has 0 saturated heterocycles. The van der Waals surface area contributed by atoms with E-state index in [-0.39, 0.29) is 19.3 Å². The molecule has 3 nitrogen and oxygen atoms in total. The predicted molar refractivity (Wildman–Crippen MR) is 65.5 cm³/mol. The van der Waals surface area contributed by atoms with E-state index in [0.29, 0.717) is 12.8 Å². The molecular formula is C12H20F2O3S. The third kappa shape index (κ3) is 3.49. The van der Waals surface area contributed by atoms with Crippen LogP contribution < -0.4 is 0 Å². The fourth-order valence-electron chi connectivity index (χ4n) is 2.16. The summed E-state index contributed by atoms with van der Waals surface area (Å²) in [6.45, 7) is 2.68. The Hall–Kier alpha value is -0.520. The number of hydrogen-bond donors (Lipinski definition) is 0. The Morgan fingerprint density at radius 1 is 1.39 bits per heavy atom. The molecule has 0 amide bonds. The van der Waals surface area contributed by atoms with E-state index in [2.05, 4.69) is 0 Å². The monoisotopic (exact) mass is 282 g/mol. The van der Waals surface area contributed by atoms with E-state index in [1.807, 2.05) is 0 Å². The van der Waals surface area contributed by atoms with Gasteiger partial charge in [0.25, 0.3) is 0 Å². The van der Waals surface area contributed by atoms with Crippen LogP contribution in [0.15, 0.2) is 0 Å². The molecule has 0 spiro atoms. The van der Waals surface area contributed by atoms with Crippen LogP contribution in [0.5, 0.6) is 0 Å². The average molecular weight is 282 g/mol. The van der Waals surface area contributed by atoms with Gasteiger partial charge >= 0.3 is 0 Å². The fourth-order valence-corrected chi connectivity index (χ4v) is 2.66. The van der Waals surface area contributed by atoms with E-state index in [1.54, 1.807) is 0 Å². The summed E-state index contributed by atoms with van der Waals surface area (Å²) >= 11 is 0. The van der Waals surface area contributed by atoms with Crippen LogP contribution in [0, 0.1) is 5.92 Å². The highest BCUT2D eigenvalue weighted by molar-refractivity contribution is 7.92. The molecule has 1 aliphatic carbocycles. The van der Waals surface area contributed by atoms with E-state index in [0.717, 1.165) is 6.26 Å². The van der Waals surface area contributed by atoms with Gasteiger partial charge in [0.2, 0.25) is 5.92 Å². The van der Waals surface area contributed by atoms with Gasteiger partial charge in [-0.25, -0.2) is 17.2 Å². The molecular weight excluding hydrogens is 262 g/mol. The number of carbonyl (C=O) groups excluding carboxylic acids is 1. The second kappa shape index (κ2) is 4.87. The van der Waals surface area contributed by atoms with Crippen LogP contribution >= 0.6 is 0 Å². The summed E-state index contributed by atoms with van der Waals surface area (Å²) in [7, 11) is -3.52. The molecule has 18 heavy (non-hydrogen) atoms. The van der Waals surface area contributed by atoms with Gasteiger partial charge in [-0.05, 0) is 32.6 Å². The molecule has 0 aliphatic heterocycles. The van der Waals surface area contributed by atoms with Crippen molar-refractivity contribution < 1.29 is 22.0 Å². The Labute approximate surface area is 107 Å². The van der Waals surface area contributed by atoms with Crippen molar-refractivity contribution in [1.29, 1.82) is 0 Å². The number of carbonyl (C=O) groups is 1. The second-order valence-corrected chi connectivity index (χ2v) is 8.29. The van der Waals surface area contributed by atoms with Gasteiger partial charge < -0.3 is 0 Å². The highest BCUT2D eigenvalue weighted by Crippen LogP contribution is 2.39. The summed E-state index contributed by atoms with van der Waals surface area (Å²) in [6, 6.07) is 0. The van der Waals surface area contributed by atoms with Crippen molar-refractivity contribution in [3.8, 4) is 0 Å². The number of halogens is 2. The van der Waals surface area contributed by atoms with Crippen molar-refractivity contribution in [1.82, 2.24) is 0 Å². The van der Waals surface area contributed by atoms with Crippen molar-refractivity contribution >= 4 is 15.6 Å². The zero-order valence-electron chi connectivity index (χ0n) is 11.0. The molecule has 1 aliphatic rings. The third-order valence-electron chi connectivity index (χ3n) is 3.81. The van der Waals surface area contributed by atoms with Gasteiger partial charge in [0.1, 0.15) is 4.75 Å². The van der Waals surface area contributed by atoms with E-state index < -0.39 is 32.2 Å². The van der Waals surface area contributed by atoms with E-state index in [1.165, 1.54) is 13.8 Å². The largest absolute Gasteiger partial charge is 0.298 e. The van der Waals surface area contributed by atoms with Crippen LogP contribution in [0.2, 0.25) is 0 Å². The Balaban J connectivity index is 2.71. The van der Waals surface area contributed by atoms with E-state index >= 15 is 0 Å². The lowest BCUT2D eigenvalue weighted by atomic mass is 9.82. The number of Topliss-reactive ketones (excluding diaryl/α,β-unsaturated/α-hetero) is 1. The first-order valence-electron chi connectivity index (χ1n) is 6.06. The molecule has 0 bridgehead atoms. The molecule has 0 aromatic carbocycles. The van der Waals surface area contributed by atoms with Gasteiger partial charge in [-0.2, -0.15) is 0 Å². The summed E-state index contributed by atoms with van der Waals surface area (Å²) in [6.07, 6.45) is 1.45. The fraction of sp³-hybridized carbons (Fsp3) is 0.917. The highest BCUT2D eigenvalue weighted by atomic mass is 32.2. The number of sulfone groups is 1. The lowest BCUT2D eigenvalue weighted by Crippen LogP contribution is -2.41. The molecule has 0 aromatic rings. The van der Waals surface area contributed by atoms with Gasteiger partial charge in [0.15, 0.2) is 15.6 Å². The zero-order chi connectivity index (χ0) is 14.2. The Kier molecular flexibility index (Phi) is 4.20. The minimum absolute atomic E-state index is 0.0738. The van der Waals surface area contributed by atoms with Gasteiger partial charge in [0.05, 0.1) is 0 Å². The number of ketones is 1. The molecule has 0 N–H and O–H groups in total. The second-order valence-electron chi connectivity index (χ2n) is 5.73. The van der Waals surface area contributed by atoms with E-state index in [9.17, 15) is 22.0 Å². The molecule has 1 unspecified atom stereocenters. The maximum atomic E-state index is 13.2. The summed E-state index contributed by atoms with van der Waals surface area (Å²) in [5.41, 5.74) is 0. The SMILES string of the molecule is CC(C)(C(=O)CC1CCCC(F)(F)C1)S(C)(=O)=O. The standard InChI is InChI=1S/C12H20F2O3S/c1-11(2,18(3,16)17)10(15)7-9-5-4-6-12(13,14)8-9/h9H,4-8H2,1-3H3. The van der Waals surface area contributed by atoms with Crippen molar-refractivity contribution in [2.45, 2.75) is 56.6 Å². The first kappa shape index (κ1) is 15.5. The number of alkyl halides is 2. The molecule has 106 valence electrons. The molecule has 0 aromatic heterocycles. The summed E-state index contributed by atoms with van der Waals surface area (Å²) in [5, 5.41) is 0. The Bertz CT molecular complexity index is 427. The van der Waals surface area contributed by atoms with E-state index in [4.69, 9.17) is 0 Å². The van der Waals surface area contributed by atoms with Crippen LogP contribution in [-0.4, -0.2) is 31.1 Å². The summed E-state index contributed by atoms with van der Waals surface area (Å²) in [5.74, 6) is -3.58.